The van der Waals surface area contributed by atoms with Crippen LogP contribution in [0.15, 0.2) is 53.6 Å². The Morgan fingerprint density at radius 3 is 2.54 bits per heavy atom. The number of anilines is 1. The maximum atomic E-state index is 12.2. The third-order valence-corrected chi connectivity index (χ3v) is 3.88. The van der Waals surface area contributed by atoms with Gasteiger partial charge in [0.2, 0.25) is 0 Å². The van der Waals surface area contributed by atoms with E-state index < -0.39 is 0 Å². The van der Waals surface area contributed by atoms with Crippen LogP contribution in [0.5, 0.6) is 0 Å². The lowest BCUT2D eigenvalue weighted by atomic mass is 10.2. The molecule has 26 heavy (non-hydrogen) atoms. The van der Waals surface area contributed by atoms with Crippen molar-refractivity contribution in [2.75, 3.05) is 5.32 Å². The lowest BCUT2D eigenvalue weighted by Crippen LogP contribution is -2.20. The molecule has 2 aromatic heterocycles. The highest BCUT2D eigenvalue weighted by atomic mass is 35.5. The first-order chi connectivity index (χ1) is 12.4. The molecule has 0 atom stereocenters. The van der Waals surface area contributed by atoms with Gasteiger partial charge < -0.3 is 5.32 Å². The van der Waals surface area contributed by atoms with Gasteiger partial charge in [0.1, 0.15) is 5.78 Å². The van der Waals surface area contributed by atoms with E-state index in [0.717, 1.165) is 0 Å². The molecule has 0 saturated carbocycles. The predicted molar refractivity (Wildman–Crippen MR) is 98.0 cm³/mol. The molecule has 2 N–H and O–H groups in total. The summed E-state index contributed by atoms with van der Waals surface area (Å²) in [7, 11) is 0. The lowest BCUT2D eigenvalue weighted by molar-refractivity contribution is -0.116. The van der Waals surface area contributed by atoms with Gasteiger partial charge in [-0.05, 0) is 43.3 Å². The van der Waals surface area contributed by atoms with E-state index in [1.807, 2.05) is 0 Å². The fraction of sp³-hybridized carbons (Fsp3) is 0.111. The maximum Gasteiger partial charge on any atom is 0.276 e. The molecule has 3 aromatic rings. The summed E-state index contributed by atoms with van der Waals surface area (Å²) in [5.41, 5.74) is 0.972. The van der Waals surface area contributed by atoms with Crippen LogP contribution in [0.3, 0.4) is 0 Å². The number of amides is 1. The van der Waals surface area contributed by atoms with Gasteiger partial charge in [0.05, 0.1) is 5.56 Å². The molecule has 3 rings (SSSR count). The summed E-state index contributed by atoms with van der Waals surface area (Å²) in [6, 6.07) is 9.84. The zero-order valence-electron chi connectivity index (χ0n) is 13.8. The zero-order valence-corrected chi connectivity index (χ0v) is 14.6. The fourth-order valence-electron chi connectivity index (χ4n) is 2.36. The molecule has 0 bridgehead atoms. The number of pyridine rings is 1. The van der Waals surface area contributed by atoms with Gasteiger partial charge in [0, 0.05) is 35.1 Å². The normalized spacial score (nSPS) is 10.5. The summed E-state index contributed by atoms with van der Waals surface area (Å²) in [5, 5.41) is 6.07. The smallest absolute Gasteiger partial charge is 0.276 e. The first-order valence-electron chi connectivity index (χ1n) is 7.76. The standard InChI is InChI=1S/C18H15ClN4O3/c1-11(24)8-13-10-21-23(18(13)26)16-7-2-12(9-20-16)17(25)22-15-5-3-14(19)4-6-15/h2-7,9-10,21H,8H2,1H3,(H,22,25). The summed E-state index contributed by atoms with van der Waals surface area (Å²) in [5.74, 6) is -0.106. The Morgan fingerprint density at radius 2 is 1.92 bits per heavy atom. The van der Waals surface area contributed by atoms with Crippen molar-refractivity contribution in [3.63, 3.8) is 0 Å². The number of carbonyl (C=O) groups excluding carboxylic acids is 2. The van der Waals surface area contributed by atoms with Crippen LogP contribution in [0.1, 0.15) is 22.8 Å². The summed E-state index contributed by atoms with van der Waals surface area (Å²) < 4.78 is 1.22. The van der Waals surface area contributed by atoms with Gasteiger partial charge in [0.25, 0.3) is 11.5 Å². The van der Waals surface area contributed by atoms with E-state index in [-0.39, 0.29) is 23.7 Å². The number of nitrogens with one attached hydrogen (secondary N) is 2. The number of H-pyrrole nitrogens is 1. The van der Waals surface area contributed by atoms with E-state index in [0.29, 0.717) is 27.7 Å². The molecular formula is C18H15ClN4O3. The van der Waals surface area contributed by atoms with Crippen molar-refractivity contribution in [1.29, 1.82) is 0 Å². The van der Waals surface area contributed by atoms with Gasteiger partial charge in [-0.3, -0.25) is 19.5 Å². The molecule has 8 heteroatoms. The monoisotopic (exact) mass is 370 g/mol. The molecule has 132 valence electrons. The number of ketones is 1. The van der Waals surface area contributed by atoms with E-state index in [9.17, 15) is 14.4 Å². The lowest BCUT2D eigenvalue weighted by Gasteiger charge is -2.06. The third-order valence-electron chi connectivity index (χ3n) is 3.63. The Bertz CT molecular complexity index is 1000. The summed E-state index contributed by atoms with van der Waals surface area (Å²) in [6.45, 7) is 1.42. The number of aromatic nitrogens is 3. The first kappa shape index (κ1) is 17.6. The second-order valence-corrected chi connectivity index (χ2v) is 6.12. The minimum atomic E-state index is -0.342. The van der Waals surface area contributed by atoms with Crippen LogP contribution in [-0.4, -0.2) is 26.5 Å². The molecule has 0 aliphatic carbocycles. The van der Waals surface area contributed by atoms with Gasteiger partial charge in [-0.25, -0.2) is 9.67 Å². The van der Waals surface area contributed by atoms with Crippen LogP contribution in [0.25, 0.3) is 5.82 Å². The predicted octanol–water partition coefficient (Wildman–Crippen LogP) is 2.60. The number of rotatable bonds is 5. The topological polar surface area (TPSA) is 96.8 Å². The van der Waals surface area contributed by atoms with Gasteiger partial charge in [-0.2, -0.15) is 0 Å². The number of benzene rings is 1. The maximum absolute atomic E-state index is 12.2. The van der Waals surface area contributed by atoms with Gasteiger partial charge >= 0.3 is 0 Å². The number of Topliss-reactive ketones (excluding diaryl/α,β-unsaturated/α-hetero) is 1. The van der Waals surface area contributed by atoms with Crippen molar-refractivity contribution in [3.8, 4) is 5.82 Å². The van der Waals surface area contributed by atoms with E-state index in [4.69, 9.17) is 11.6 Å². The first-order valence-corrected chi connectivity index (χ1v) is 8.14. The Hall–Kier alpha value is -3.19. The van der Waals surface area contributed by atoms with Crippen LogP contribution in [0, 0.1) is 0 Å². The Kier molecular flexibility index (Phi) is 4.99. The zero-order chi connectivity index (χ0) is 18.7. The second-order valence-electron chi connectivity index (χ2n) is 5.68. The number of halogens is 1. The minimum Gasteiger partial charge on any atom is -0.322 e. The molecule has 2 heterocycles. The van der Waals surface area contributed by atoms with Gasteiger partial charge in [-0.15, -0.1) is 0 Å². The average molecular weight is 371 g/mol. The van der Waals surface area contributed by atoms with Crippen molar-refractivity contribution >= 4 is 29.0 Å². The number of carbonyl (C=O) groups is 2. The highest BCUT2D eigenvalue weighted by Gasteiger charge is 2.12. The number of nitrogens with zero attached hydrogens (tertiary/aromatic N) is 2. The second kappa shape index (κ2) is 7.37. The van der Waals surface area contributed by atoms with Gasteiger partial charge in [-0.1, -0.05) is 11.6 Å². The van der Waals surface area contributed by atoms with Crippen LogP contribution in [0.4, 0.5) is 5.69 Å². The molecule has 0 unspecified atom stereocenters. The Morgan fingerprint density at radius 1 is 1.19 bits per heavy atom. The number of aromatic amines is 1. The number of hydrogen-bond acceptors (Lipinski definition) is 4. The van der Waals surface area contributed by atoms with Crippen LogP contribution < -0.4 is 10.9 Å². The summed E-state index contributed by atoms with van der Waals surface area (Å²) in [6.07, 6.45) is 2.91. The quantitative estimate of drug-likeness (QED) is 0.721. The van der Waals surface area contributed by atoms with Crippen molar-refractivity contribution in [1.82, 2.24) is 14.8 Å². The molecule has 1 aromatic carbocycles. The molecule has 0 fully saturated rings. The van der Waals surface area contributed by atoms with Crippen LogP contribution in [0.2, 0.25) is 5.02 Å². The Labute approximate surface area is 153 Å². The van der Waals surface area contributed by atoms with Crippen molar-refractivity contribution in [2.45, 2.75) is 13.3 Å². The highest BCUT2D eigenvalue weighted by Crippen LogP contribution is 2.14. The summed E-state index contributed by atoms with van der Waals surface area (Å²) >= 11 is 5.81. The number of hydrogen-bond donors (Lipinski definition) is 2. The van der Waals surface area contributed by atoms with Crippen LogP contribution >= 0.6 is 11.6 Å². The van der Waals surface area contributed by atoms with Crippen molar-refractivity contribution < 1.29 is 9.59 Å². The highest BCUT2D eigenvalue weighted by molar-refractivity contribution is 6.30. The van der Waals surface area contributed by atoms with E-state index in [2.05, 4.69) is 15.4 Å². The van der Waals surface area contributed by atoms with E-state index in [1.165, 1.54) is 24.0 Å². The Balaban J connectivity index is 1.77. The molecule has 0 saturated heterocycles. The molecular weight excluding hydrogens is 356 g/mol. The largest absolute Gasteiger partial charge is 0.322 e. The summed E-state index contributed by atoms with van der Waals surface area (Å²) in [4.78, 5) is 39.8. The van der Waals surface area contributed by atoms with Crippen molar-refractivity contribution in [2.24, 2.45) is 0 Å². The molecule has 0 aliphatic heterocycles. The molecule has 1 amide bonds. The van der Waals surface area contributed by atoms with E-state index >= 15 is 0 Å². The average Bonchev–Trinajstić information content (AvgIpc) is 2.97. The molecule has 7 nitrogen and oxygen atoms in total. The van der Waals surface area contributed by atoms with Crippen LogP contribution in [-0.2, 0) is 11.2 Å². The van der Waals surface area contributed by atoms with Gasteiger partial charge in [0.15, 0.2) is 5.82 Å². The molecule has 0 radical (unpaired) electrons. The van der Waals surface area contributed by atoms with E-state index in [1.54, 1.807) is 36.4 Å². The SMILES string of the molecule is CC(=O)Cc1c[nH]n(-c2ccc(C(=O)Nc3ccc(Cl)cc3)cn2)c1=O. The minimum absolute atomic E-state index is 0.0594. The third kappa shape index (κ3) is 3.89. The molecule has 0 aliphatic rings. The van der Waals surface area contributed by atoms with Crippen molar-refractivity contribution in [3.05, 3.63) is 75.3 Å². The fourth-order valence-corrected chi connectivity index (χ4v) is 2.49. The molecule has 0 spiro atoms.